The van der Waals surface area contributed by atoms with Crippen LogP contribution in [0.25, 0.3) is 0 Å². The van der Waals surface area contributed by atoms with Crippen molar-refractivity contribution in [1.82, 2.24) is 10.0 Å². The highest BCUT2D eigenvalue weighted by Crippen LogP contribution is 2.25. The number of rotatable bonds is 6. The molecule has 1 saturated heterocycles. The van der Waals surface area contributed by atoms with E-state index in [4.69, 9.17) is 15.7 Å². The van der Waals surface area contributed by atoms with Gasteiger partial charge in [-0.25, -0.2) is 14.8 Å². The molecule has 0 bridgehead atoms. The van der Waals surface area contributed by atoms with Gasteiger partial charge in [0, 0.05) is 6.54 Å². The largest absolute Gasteiger partial charge is 0.448 e. The molecule has 2 N–H and O–H groups in total. The standard InChI is InChI=1S/C12H20N4O3/c1-12(2,9-19-11(14)18)16(6-7-17)15-5-3-4-10(15)8-13/h7,10H,3-6,9H2,1-2H3,(H2,14,18)/t10-/m0/s1. The molecule has 7 nitrogen and oxygen atoms in total. The van der Waals surface area contributed by atoms with Gasteiger partial charge in [0.15, 0.2) is 0 Å². The average Bonchev–Trinajstić information content (AvgIpc) is 2.81. The first-order valence-electron chi connectivity index (χ1n) is 6.22. The number of ether oxygens (including phenoxy) is 1. The number of hydrogen-bond acceptors (Lipinski definition) is 6. The molecule has 7 heteroatoms. The highest BCUT2D eigenvalue weighted by Gasteiger charge is 2.38. The molecule has 1 aliphatic rings. The summed E-state index contributed by atoms with van der Waals surface area (Å²) in [5.74, 6) is 0. The molecule has 0 saturated carbocycles. The number of carbonyl (C=O) groups is 2. The molecule has 1 aliphatic heterocycles. The number of nitriles is 1. The highest BCUT2D eigenvalue weighted by atomic mass is 16.5. The Morgan fingerprint density at radius 2 is 2.37 bits per heavy atom. The van der Waals surface area contributed by atoms with Gasteiger partial charge in [0.2, 0.25) is 0 Å². The fourth-order valence-electron chi connectivity index (χ4n) is 2.26. The lowest BCUT2D eigenvalue weighted by Crippen LogP contribution is -2.58. The van der Waals surface area contributed by atoms with Gasteiger partial charge in [0.05, 0.1) is 18.2 Å². The molecule has 0 aliphatic carbocycles. The lowest BCUT2D eigenvalue weighted by molar-refractivity contribution is -0.131. The van der Waals surface area contributed by atoms with Crippen LogP contribution in [0.3, 0.4) is 0 Å². The van der Waals surface area contributed by atoms with E-state index in [0.717, 1.165) is 19.1 Å². The van der Waals surface area contributed by atoms with E-state index in [2.05, 4.69) is 6.07 Å². The third-order valence-corrected chi connectivity index (χ3v) is 3.20. The number of amides is 1. The molecule has 1 rings (SSSR count). The normalized spacial score (nSPS) is 20.2. The summed E-state index contributed by atoms with van der Waals surface area (Å²) in [4.78, 5) is 21.6. The summed E-state index contributed by atoms with van der Waals surface area (Å²) in [7, 11) is 0. The van der Waals surface area contributed by atoms with E-state index in [9.17, 15) is 9.59 Å². The van der Waals surface area contributed by atoms with Crippen molar-refractivity contribution in [1.29, 1.82) is 5.26 Å². The van der Waals surface area contributed by atoms with Gasteiger partial charge in [-0.1, -0.05) is 0 Å². The number of aldehydes is 1. The predicted molar refractivity (Wildman–Crippen MR) is 67.7 cm³/mol. The number of nitrogens with zero attached hydrogens (tertiary/aromatic N) is 3. The predicted octanol–water partition coefficient (Wildman–Crippen LogP) is 0.264. The van der Waals surface area contributed by atoms with E-state index in [1.165, 1.54) is 0 Å². The highest BCUT2D eigenvalue weighted by molar-refractivity contribution is 5.64. The van der Waals surface area contributed by atoms with E-state index in [1.54, 1.807) is 5.01 Å². The Balaban J connectivity index is 2.83. The van der Waals surface area contributed by atoms with Crippen molar-refractivity contribution in [3.63, 3.8) is 0 Å². The zero-order valence-electron chi connectivity index (χ0n) is 11.3. The van der Waals surface area contributed by atoms with Crippen LogP contribution in [0.4, 0.5) is 4.79 Å². The molecule has 0 aromatic rings. The second-order valence-corrected chi connectivity index (χ2v) is 5.12. The Hall–Kier alpha value is -1.65. The molecule has 0 aromatic carbocycles. The molecule has 106 valence electrons. The average molecular weight is 268 g/mol. The number of carbonyl (C=O) groups excluding carboxylic acids is 2. The molecular weight excluding hydrogens is 248 g/mol. The van der Waals surface area contributed by atoms with Crippen LogP contribution < -0.4 is 5.73 Å². The molecule has 0 radical (unpaired) electrons. The maximum Gasteiger partial charge on any atom is 0.404 e. The quantitative estimate of drug-likeness (QED) is 0.694. The summed E-state index contributed by atoms with van der Waals surface area (Å²) in [6.07, 6.45) is 1.61. The number of nitrogens with two attached hydrogens (primary N) is 1. The van der Waals surface area contributed by atoms with Gasteiger partial charge in [0.1, 0.15) is 18.9 Å². The number of hydrogen-bond donors (Lipinski definition) is 1. The summed E-state index contributed by atoms with van der Waals surface area (Å²) in [6.45, 7) is 4.60. The minimum absolute atomic E-state index is 0.0603. The molecule has 1 fully saturated rings. The fourth-order valence-corrected chi connectivity index (χ4v) is 2.26. The molecule has 0 aromatic heterocycles. The Bertz CT molecular complexity index is 378. The van der Waals surface area contributed by atoms with Crippen molar-refractivity contribution in [2.45, 2.75) is 38.3 Å². The van der Waals surface area contributed by atoms with Gasteiger partial charge < -0.3 is 15.3 Å². The Labute approximate surface area is 112 Å². The van der Waals surface area contributed by atoms with Crippen LogP contribution in [-0.2, 0) is 9.53 Å². The molecule has 19 heavy (non-hydrogen) atoms. The monoisotopic (exact) mass is 268 g/mol. The van der Waals surface area contributed by atoms with E-state index in [0.29, 0.717) is 6.54 Å². The minimum atomic E-state index is -0.850. The van der Waals surface area contributed by atoms with Crippen molar-refractivity contribution in [2.24, 2.45) is 5.73 Å². The van der Waals surface area contributed by atoms with Crippen LogP contribution in [-0.4, -0.2) is 53.7 Å². The van der Waals surface area contributed by atoms with Crippen molar-refractivity contribution in [2.75, 3.05) is 19.7 Å². The lowest BCUT2D eigenvalue weighted by atomic mass is 10.1. The second kappa shape index (κ2) is 6.50. The zero-order chi connectivity index (χ0) is 14.5. The minimum Gasteiger partial charge on any atom is -0.448 e. The van der Waals surface area contributed by atoms with Crippen LogP contribution in [0.2, 0.25) is 0 Å². The molecule has 1 heterocycles. The van der Waals surface area contributed by atoms with Gasteiger partial charge in [-0.3, -0.25) is 0 Å². The fraction of sp³-hybridized carbons (Fsp3) is 0.750. The molecule has 1 atom stereocenters. The summed E-state index contributed by atoms with van der Waals surface area (Å²) >= 11 is 0. The summed E-state index contributed by atoms with van der Waals surface area (Å²) < 4.78 is 4.83. The van der Waals surface area contributed by atoms with Gasteiger partial charge in [-0.05, 0) is 26.7 Å². The van der Waals surface area contributed by atoms with Crippen LogP contribution in [0.5, 0.6) is 0 Å². The first-order chi connectivity index (χ1) is 8.92. The van der Waals surface area contributed by atoms with Crippen LogP contribution >= 0.6 is 0 Å². The van der Waals surface area contributed by atoms with Crippen molar-refractivity contribution in [3.05, 3.63) is 0 Å². The van der Waals surface area contributed by atoms with Crippen molar-refractivity contribution >= 4 is 12.4 Å². The van der Waals surface area contributed by atoms with Crippen LogP contribution in [0.15, 0.2) is 0 Å². The zero-order valence-corrected chi connectivity index (χ0v) is 11.3. The van der Waals surface area contributed by atoms with Gasteiger partial charge in [-0.15, -0.1) is 0 Å². The number of hydrazine groups is 1. The summed E-state index contributed by atoms with van der Waals surface area (Å²) in [5.41, 5.74) is 4.36. The maximum atomic E-state index is 10.9. The summed E-state index contributed by atoms with van der Waals surface area (Å²) in [6, 6.07) is 1.98. The Kier molecular flexibility index (Phi) is 5.27. The van der Waals surface area contributed by atoms with Gasteiger partial charge in [-0.2, -0.15) is 5.26 Å². The maximum absolute atomic E-state index is 10.9. The van der Waals surface area contributed by atoms with Gasteiger partial charge in [0.25, 0.3) is 0 Å². The third kappa shape index (κ3) is 3.91. The lowest BCUT2D eigenvalue weighted by Gasteiger charge is -2.43. The molecule has 1 amide bonds. The van der Waals surface area contributed by atoms with E-state index in [-0.39, 0.29) is 19.2 Å². The topological polar surface area (TPSA) is 99.7 Å². The molecule has 0 unspecified atom stereocenters. The van der Waals surface area contributed by atoms with Crippen LogP contribution in [0.1, 0.15) is 26.7 Å². The smallest absolute Gasteiger partial charge is 0.404 e. The van der Waals surface area contributed by atoms with Gasteiger partial charge >= 0.3 is 6.09 Å². The SMILES string of the molecule is CC(C)(COC(N)=O)N(CC=O)N1CCC[C@H]1C#N. The Morgan fingerprint density at radius 1 is 1.68 bits per heavy atom. The van der Waals surface area contributed by atoms with E-state index < -0.39 is 11.6 Å². The Morgan fingerprint density at radius 3 is 2.89 bits per heavy atom. The first kappa shape index (κ1) is 15.4. The number of primary amides is 1. The van der Waals surface area contributed by atoms with Crippen LogP contribution in [0, 0.1) is 11.3 Å². The third-order valence-electron chi connectivity index (χ3n) is 3.20. The van der Waals surface area contributed by atoms with Crippen molar-refractivity contribution < 1.29 is 14.3 Å². The molecular formula is C12H20N4O3. The second-order valence-electron chi connectivity index (χ2n) is 5.12. The molecule has 0 spiro atoms. The van der Waals surface area contributed by atoms with Crippen molar-refractivity contribution in [3.8, 4) is 6.07 Å². The first-order valence-corrected chi connectivity index (χ1v) is 6.22. The van der Waals surface area contributed by atoms with E-state index in [1.807, 2.05) is 18.9 Å². The summed E-state index contributed by atoms with van der Waals surface area (Å²) in [5, 5.41) is 12.8. The van der Waals surface area contributed by atoms with E-state index >= 15 is 0 Å².